The highest BCUT2D eigenvalue weighted by molar-refractivity contribution is 5.89. The molecule has 6 nitrogen and oxygen atoms in total. The molecule has 2 atom stereocenters. The highest BCUT2D eigenvalue weighted by atomic mass is 16.2. The summed E-state index contributed by atoms with van der Waals surface area (Å²) in [6.45, 7) is 7.04. The molecule has 0 spiro atoms. The maximum atomic E-state index is 12.2. The van der Waals surface area contributed by atoms with Crippen molar-refractivity contribution in [1.29, 1.82) is 0 Å². The molecule has 1 N–H and O–H groups in total. The van der Waals surface area contributed by atoms with Gasteiger partial charge in [-0.05, 0) is 26.8 Å². The number of hydrogen-bond donors (Lipinski definition) is 1. The minimum Gasteiger partial charge on any atom is -0.351 e. The van der Waals surface area contributed by atoms with E-state index in [4.69, 9.17) is 0 Å². The Labute approximate surface area is 119 Å². The third-order valence-electron chi connectivity index (χ3n) is 3.56. The van der Waals surface area contributed by atoms with Crippen LogP contribution >= 0.6 is 0 Å². The minimum absolute atomic E-state index is 0.00870. The van der Waals surface area contributed by atoms with Crippen LogP contribution < -0.4 is 5.32 Å². The van der Waals surface area contributed by atoms with Gasteiger partial charge < -0.3 is 10.2 Å². The van der Waals surface area contributed by atoms with Gasteiger partial charge in [0.1, 0.15) is 0 Å². The lowest BCUT2D eigenvalue weighted by Crippen LogP contribution is -2.41. The van der Waals surface area contributed by atoms with E-state index in [-0.39, 0.29) is 29.8 Å². The number of hydrogen-bond acceptors (Lipinski definition) is 3. The Morgan fingerprint density at radius 3 is 2.80 bits per heavy atom. The van der Waals surface area contributed by atoms with Gasteiger partial charge in [0.15, 0.2) is 0 Å². The summed E-state index contributed by atoms with van der Waals surface area (Å²) in [7, 11) is 0. The first kappa shape index (κ1) is 14.6. The predicted octanol–water partition coefficient (Wildman–Crippen LogP) is 0.645. The van der Waals surface area contributed by atoms with Crippen LogP contribution in [-0.4, -0.2) is 45.1 Å². The van der Waals surface area contributed by atoms with E-state index in [0.717, 1.165) is 0 Å². The fourth-order valence-electron chi connectivity index (χ4n) is 2.50. The Hall–Kier alpha value is -1.85. The van der Waals surface area contributed by atoms with Gasteiger partial charge in [0.2, 0.25) is 11.8 Å². The predicted molar refractivity (Wildman–Crippen MR) is 74.8 cm³/mol. The highest BCUT2D eigenvalue weighted by Crippen LogP contribution is 2.20. The summed E-state index contributed by atoms with van der Waals surface area (Å²) in [5.74, 6) is -0.203. The number of likely N-dealkylation sites (tertiary alicyclic amines) is 1. The first-order chi connectivity index (χ1) is 9.47. The molecule has 110 valence electrons. The van der Waals surface area contributed by atoms with Crippen LogP contribution in [-0.2, 0) is 16.1 Å². The molecule has 1 saturated heterocycles. The van der Waals surface area contributed by atoms with E-state index in [1.165, 1.54) is 0 Å². The second-order valence-corrected chi connectivity index (χ2v) is 5.68. The lowest BCUT2D eigenvalue weighted by atomic mass is 10.1. The molecule has 2 rings (SSSR count). The number of aromatic nitrogens is 2. The van der Waals surface area contributed by atoms with Crippen LogP contribution in [0, 0.1) is 5.92 Å². The van der Waals surface area contributed by atoms with E-state index in [0.29, 0.717) is 19.5 Å². The van der Waals surface area contributed by atoms with Crippen LogP contribution in [0.3, 0.4) is 0 Å². The maximum Gasteiger partial charge on any atom is 0.225 e. The maximum absolute atomic E-state index is 12.2. The van der Waals surface area contributed by atoms with Gasteiger partial charge in [-0.2, -0.15) is 5.10 Å². The lowest BCUT2D eigenvalue weighted by Gasteiger charge is -2.21. The Morgan fingerprint density at radius 2 is 2.25 bits per heavy atom. The molecule has 0 bridgehead atoms. The van der Waals surface area contributed by atoms with E-state index in [1.54, 1.807) is 15.8 Å². The summed E-state index contributed by atoms with van der Waals surface area (Å²) in [4.78, 5) is 25.7. The number of carbonyl (C=O) groups excluding carboxylic acids is 2. The van der Waals surface area contributed by atoms with Crippen molar-refractivity contribution in [3.63, 3.8) is 0 Å². The largest absolute Gasteiger partial charge is 0.351 e. The summed E-state index contributed by atoms with van der Waals surface area (Å²) in [5, 5.41) is 7.07. The fourth-order valence-corrected chi connectivity index (χ4v) is 2.50. The number of nitrogens with one attached hydrogen (secondary N) is 1. The van der Waals surface area contributed by atoms with Crippen LogP contribution in [0.15, 0.2) is 18.5 Å². The molecule has 1 aromatic heterocycles. The zero-order valence-corrected chi connectivity index (χ0v) is 12.2. The van der Waals surface area contributed by atoms with E-state index in [9.17, 15) is 9.59 Å². The standard InChI is InChI=1S/C14H22N4O2/c1-10(2)18-9-12(7-13(18)19)14(20)16-11(3)8-17-6-4-5-15-17/h4-6,10-12H,7-9H2,1-3H3,(H,16,20)/t11-,12-/m1/s1. The molecule has 0 unspecified atom stereocenters. The zero-order valence-electron chi connectivity index (χ0n) is 12.2. The van der Waals surface area contributed by atoms with Crippen LogP contribution in [0.25, 0.3) is 0 Å². The quantitative estimate of drug-likeness (QED) is 0.859. The number of carbonyl (C=O) groups is 2. The Kier molecular flexibility index (Phi) is 4.42. The van der Waals surface area contributed by atoms with Crippen molar-refractivity contribution in [2.75, 3.05) is 6.54 Å². The van der Waals surface area contributed by atoms with Gasteiger partial charge in [-0.15, -0.1) is 0 Å². The molecule has 0 radical (unpaired) electrons. The van der Waals surface area contributed by atoms with Crippen LogP contribution in [0.4, 0.5) is 0 Å². The Bertz CT molecular complexity index is 470. The summed E-state index contributed by atoms with van der Waals surface area (Å²) in [6, 6.07) is 2.00. The average molecular weight is 278 g/mol. The third-order valence-corrected chi connectivity index (χ3v) is 3.56. The van der Waals surface area contributed by atoms with Crippen molar-refractivity contribution in [3.05, 3.63) is 18.5 Å². The zero-order chi connectivity index (χ0) is 14.7. The number of rotatable bonds is 5. The van der Waals surface area contributed by atoms with Gasteiger partial charge in [-0.3, -0.25) is 14.3 Å². The van der Waals surface area contributed by atoms with Crippen LogP contribution in [0.5, 0.6) is 0 Å². The molecule has 2 amide bonds. The van der Waals surface area contributed by atoms with Crippen molar-refractivity contribution in [2.24, 2.45) is 5.92 Å². The molecular formula is C14H22N4O2. The third kappa shape index (κ3) is 3.37. The van der Waals surface area contributed by atoms with Gasteiger partial charge in [-0.25, -0.2) is 0 Å². The Morgan fingerprint density at radius 1 is 1.50 bits per heavy atom. The smallest absolute Gasteiger partial charge is 0.225 e. The molecule has 0 aliphatic carbocycles. The number of nitrogens with zero attached hydrogens (tertiary/aromatic N) is 3. The second-order valence-electron chi connectivity index (χ2n) is 5.68. The van der Waals surface area contributed by atoms with E-state index < -0.39 is 0 Å². The van der Waals surface area contributed by atoms with Crippen molar-refractivity contribution in [1.82, 2.24) is 20.0 Å². The van der Waals surface area contributed by atoms with Gasteiger partial charge in [-0.1, -0.05) is 0 Å². The summed E-state index contributed by atoms with van der Waals surface area (Å²) < 4.78 is 1.78. The topological polar surface area (TPSA) is 67.2 Å². The van der Waals surface area contributed by atoms with Gasteiger partial charge >= 0.3 is 0 Å². The molecule has 1 fully saturated rings. The molecular weight excluding hydrogens is 256 g/mol. The molecule has 1 aliphatic rings. The summed E-state index contributed by atoms with van der Waals surface area (Å²) in [6.07, 6.45) is 3.89. The molecule has 0 saturated carbocycles. The molecule has 0 aromatic carbocycles. The summed E-state index contributed by atoms with van der Waals surface area (Å²) in [5.41, 5.74) is 0. The van der Waals surface area contributed by atoms with E-state index in [1.807, 2.05) is 33.0 Å². The minimum atomic E-state index is -0.232. The fraction of sp³-hybridized carbons (Fsp3) is 0.643. The summed E-state index contributed by atoms with van der Waals surface area (Å²) >= 11 is 0. The van der Waals surface area contributed by atoms with Gasteiger partial charge in [0, 0.05) is 37.4 Å². The van der Waals surface area contributed by atoms with Crippen molar-refractivity contribution >= 4 is 11.8 Å². The monoisotopic (exact) mass is 278 g/mol. The van der Waals surface area contributed by atoms with Crippen molar-refractivity contribution in [3.8, 4) is 0 Å². The number of amides is 2. The molecule has 1 aliphatic heterocycles. The molecule has 6 heteroatoms. The normalized spacial score (nSPS) is 20.5. The molecule has 1 aromatic rings. The average Bonchev–Trinajstić information content (AvgIpc) is 2.98. The van der Waals surface area contributed by atoms with Crippen LogP contribution in [0.1, 0.15) is 27.2 Å². The molecule has 20 heavy (non-hydrogen) atoms. The van der Waals surface area contributed by atoms with E-state index >= 15 is 0 Å². The van der Waals surface area contributed by atoms with Gasteiger partial charge in [0.05, 0.1) is 12.5 Å². The highest BCUT2D eigenvalue weighted by Gasteiger charge is 2.35. The van der Waals surface area contributed by atoms with Gasteiger partial charge in [0.25, 0.3) is 0 Å². The lowest BCUT2D eigenvalue weighted by molar-refractivity contribution is -0.130. The first-order valence-electron chi connectivity index (χ1n) is 7.04. The SMILES string of the molecule is CC(C)N1C[C@H](C(=O)N[C@H](C)Cn2cccn2)CC1=O. The van der Waals surface area contributed by atoms with E-state index in [2.05, 4.69) is 10.4 Å². The van der Waals surface area contributed by atoms with Crippen molar-refractivity contribution < 1.29 is 9.59 Å². The molecule has 2 heterocycles. The van der Waals surface area contributed by atoms with Crippen LogP contribution in [0.2, 0.25) is 0 Å². The van der Waals surface area contributed by atoms with Crippen molar-refractivity contribution in [2.45, 2.75) is 45.8 Å². The first-order valence-corrected chi connectivity index (χ1v) is 7.04. The Balaban J connectivity index is 1.85. The second kappa shape index (κ2) is 6.07.